The first-order valence-electron chi connectivity index (χ1n) is 5.86. The van der Waals surface area contributed by atoms with Gasteiger partial charge in [-0.3, -0.25) is 4.79 Å². The van der Waals surface area contributed by atoms with Gasteiger partial charge >= 0.3 is 5.97 Å². The van der Waals surface area contributed by atoms with Crippen LogP contribution in [0, 0.1) is 5.92 Å². The van der Waals surface area contributed by atoms with Gasteiger partial charge in [0.2, 0.25) is 0 Å². The molecule has 0 radical (unpaired) electrons. The number of carboxylic acids is 1. The van der Waals surface area contributed by atoms with Crippen LogP contribution in [0.5, 0.6) is 11.5 Å². The molecular formula is C13H17NO5. The van der Waals surface area contributed by atoms with Crippen LogP contribution in [0.1, 0.15) is 30.6 Å². The molecule has 1 atom stereocenters. The van der Waals surface area contributed by atoms with Crippen molar-refractivity contribution in [1.29, 1.82) is 0 Å². The summed E-state index contributed by atoms with van der Waals surface area (Å²) in [7, 11) is 0. The fourth-order valence-corrected chi connectivity index (χ4v) is 1.66. The Morgan fingerprint density at radius 1 is 1.16 bits per heavy atom. The minimum atomic E-state index is -1.12. The number of nitrogens with one attached hydrogen (secondary N) is 1. The number of hydrogen-bond acceptors (Lipinski definition) is 4. The largest absolute Gasteiger partial charge is 0.508 e. The smallest absolute Gasteiger partial charge is 0.326 e. The van der Waals surface area contributed by atoms with Crippen molar-refractivity contribution in [3.63, 3.8) is 0 Å². The number of amides is 1. The molecule has 1 unspecified atom stereocenters. The van der Waals surface area contributed by atoms with Crippen LogP contribution in [0.2, 0.25) is 0 Å². The summed E-state index contributed by atoms with van der Waals surface area (Å²) < 4.78 is 0. The highest BCUT2D eigenvalue weighted by Crippen LogP contribution is 2.20. The molecule has 0 aliphatic carbocycles. The molecule has 104 valence electrons. The van der Waals surface area contributed by atoms with Crippen LogP contribution < -0.4 is 5.32 Å². The molecule has 0 spiro atoms. The predicted molar refractivity (Wildman–Crippen MR) is 68.1 cm³/mol. The average Bonchev–Trinajstić information content (AvgIpc) is 2.25. The van der Waals surface area contributed by atoms with Gasteiger partial charge in [-0.25, -0.2) is 4.79 Å². The highest BCUT2D eigenvalue weighted by molar-refractivity contribution is 5.97. The molecule has 0 aromatic heterocycles. The summed E-state index contributed by atoms with van der Waals surface area (Å²) in [6, 6.07) is 2.39. The molecule has 1 aromatic carbocycles. The number of hydrogen-bond donors (Lipinski definition) is 4. The summed E-state index contributed by atoms with van der Waals surface area (Å²) in [6.45, 7) is 3.70. The first kappa shape index (κ1) is 14.8. The first-order valence-corrected chi connectivity index (χ1v) is 5.86. The van der Waals surface area contributed by atoms with E-state index in [2.05, 4.69) is 5.32 Å². The van der Waals surface area contributed by atoms with E-state index in [0.717, 1.165) is 18.2 Å². The Labute approximate surface area is 110 Å². The Hall–Kier alpha value is -2.24. The Morgan fingerprint density at radius 3 is 2.11 bits per heavy atom. The lowest BCUT2D eigenvalue weighted by atomic mass is 10.0. The van der Waals surface area contributed by atoms with Gasteiger partial charge in [-0.1, -0.05) is 13.8 Å². The second kappa shape index (κ2) is 6.08. The molecule has 0 fully saturated rings. The second-order valence-corrected chi connectivity index (χ2v) is 4.73. The summed E-state index contributed by atoms with van der Waals surface area (Å²) in [5.74, 6) is -2.19. The number of phenols is 2. The van der Waals surface area contributed by atoms with Gasteiger partial charge in [-0.05, 0) is 24.5 Å². The van der Waals surface area contributed by atoms with E-state index in [1.807, 2.05) is 13.8 Å². The van der Waals surface area contributed by atoms with Gasteiger partial charge in [0.05, 0.1) is 0 Å². The Balaban J connectivity index is 2.84. The van der Waals surface area contributed by atoms with Crippen LogP contribution in [-0.4, -0.2) is 33.2 Å². The number of carbonyl (C=O) groups excluding carboxylic acids is 1. The summed E-state index contributed by atoms with van der Waals surface area (Å²) in [5.41, 5.74) is 0.00695. The molecular weight excluding hydrogens is 250 g/mol. The first-order chi connectivity index (χ1) is 8.79. The third-order valence-corrected chi connectivity index (χ3v) is 2.48. The monoisotopic (exact) mass is 267 g/mol. The van der Waals surface area contributed by atoms with Crippen molar-refractivity contribution < 1.29 is 24.9 Å². The van der Waals surface area contributed by atoms with Gasteiger partial charge in [-0.15, -0.1) is 0 Å². The Morgan fingerprint density at radius 2 is 1.68 bits per heavy atom. The zero-order valence-corrected chi connectivity index (χ0v) is 10.8. The normalized spacial score (nSPS) is 12.2. The average molecular weight is 267 g/mol. The molecule has 1 rings (SSSR count). The number of carbonyl (C=O) groups is 2. The molecule has 1 amide bonds. The number of carboxylic acid groups (broad SMARTS) is 1. The maximum absolute atomic E-state index is 11.8. The van der Waals surface area contributed by atoms with E-state index < -0.39 is 17.9 Å². The van der Waals surface area contributed by atoms with E-state index in [1.54, 1.807) is 0 Å². The van der Waals surface area contributed by atoms with Crippen LogP contribution in [0.15, 0.2) is 18.2 Å². The molecule has 0 saturated heterocycles. The van der Waals surface area contributed by atoms with Crippen molar-refractivity contribution in [1.82, 2.24) is 5.32 Å². The van der Waals surface area contributed by atoms with Gasteiger partial charge in [0.25, 0.3) is 5.91 Å². The van der Waals surface area contributed by atoms with E-state index in [9.17, 15) is 19.8 Å². The standard InChI is InChI=1S/C13H17NO5/c1-7(2)3-11(13(18)19)14-12(17)8-4-9(15)6-10(16)5-8/h4-7,11,15-16H,3H2,1-2H3,(H,14,17)(H,18,19). The molecule has 0 aliphatic heterocycles. The summed E-state index contributed by atoms with van der Waals surface area (Å²) in [4.78, 5) is 22.9. The molecule has 0 bridgehead atoms. The van der Waals surface area contributed by atoms with Gasteiger partial charge in [0.1, 0.15) is 17.5 Å². The molecule has 6 nitrogen and oxygen atoms in total. The van der Waals surface area contributed by atoms with Crippen LogP contribution in [0.4, 0.5) is 0 Å². The predicted octanol–water partition coefficient (Wildman–Crippen LogP) is 1.33. The second-order valence-electron chi connectivity index (χ2n) is 4.73. The van der Waals surface area contributed by atoms with Crippen molar-refractivity contribution in [2.75, 3.05) is 0 Å². The molecule has 0 aliphatic rings. The van der Waals surface area contributed by atoms with Gasteiger partial charge < -0.3 is 20.6 Å². The van der Waals surface area contributed by atoms with E-state index >= 15 is 0 Å². The third-order valence-electron chi connectivity index (χ3n) is 2.48. The zero-order valence-electron chi connectivity index (χ0n) is 10.8. The van der Waals surface area contributed by atoms with Crippen molar-refractivity contribution in [2.45, 2.75) is 26.3 Å². The summed E-state index contributed by atoms with van der Waals surface area (Å²) in [5, 5.41) is 29.9. The number of benzene rings is 1. The van der Waals surface area contributed by atoms with Crippen molar-refractivity contribution in [3.05, 3.63) is 23.8 Å². The lowest BCUT2D eigenvalue weighted by Gasteiger charge is -2.16. The van der Waals surface area contributed by atoms with Crippen LogP contribution in [-0.2, 0) is 4.79 Å². The number of phenolic OH excluding ortho intramolecular Hbond substituents is 2. The highest BCUT2D eigenvalue weighted by Gasteiger charge is 2.22. The lowest BCUT2D eigenvalue weighted by Crippen LogP contribution is -2.41. The third kappa shape index (κ3) is 4.50. The Kier molecular flexibility index (Phi) is 4.74. The van der Waals surface area contributed by atoms with E-state index in [-0.39, 0.29) is 23.0 Å². The SMILES string of the molecule is CC(C)CC(NC(=O)c1cc(O)cc(O)c1)C(=O)O. The summed E-state index contributed by atoms with van der Waals surface area (Å²) in [6.07, 6.45) is 0.297. The minimum absolute atomic E-state index is 0.00695. The van der Waals surface area contributed by atoms with E-state index in [4.69, 9.17) is 5.11 Å². The number of rotatable bonds is 5. The van der Waals surface area contributed by atoms with Gasteiger partial charge in [0, 0.05) is 11.6 Å². The molecule has 0 heterocycles. The molecule has 0 saturated carbocycles. The van der Waals surface area contributed by atoms with Crippen LogP contribution in [0.3, 0.4) is 0 Å². The number of aliphatic carboxylic acids is 1. The van der Waals surface area contributed by atoms with Crippen molar-refractivity contribution >= 4 is 11.9 Å². The van der Waals surface area contributed by atoms with E-state index in [0.29, 0.717) is 6.42 Å². The van der Waals surface area contributed by atoms with Crippen molar-refractivity contribution in [3.8, 4) is 11.5 Å². The quantitative estimate of drug-likeness (QED) is 0.643. The van der Waals surface area contributed by atoms with Crippen LogP contribution >= 0.6 is 0 Å². The topological polar surface area (TPSA) is 107 Å². The lowest BCUT2D eigenvalue weighted by molar-refractivity contribution is -0.139. The van der Waals surface area contributed by atoms with E-state index in [1.165, 1.54) is 0 Å². The maximum atomic E-state index is 11.8. The van der Waals surface area contributed by atoms with Gasteiger partial charge in [0.15, 0.2) is 0 Å². The fourth-order valence-electron chi connectivity index (χ4n) is 1.66. The highest BCUT2D eigenvalue weighted by atomic mass is 16.4. The van der Waals surface area contributed by atoms with Gasteiger partial charge in [-0.2, -0.15) is 0 Å². The maximum Gasteiger partial charge on any atom is 0.326 e. The number of aromatic hydroxyl groups is 2. The molecule has 19 heavy (non-hydrogen) atoms. The Bertz CT molecular complexity index is 464. The zero-order chi connectivity index (χ0) is 14.6. The van der Waals surface area contributed by atoms with Crippen LogP contribution in [0.25, 0.3) is 0 Å². The molecule has 4 N–H and O–H groups in total. The van der Waals surface area contributed by atoms with Crippen molar-refractivity contribution in [2.24, 2.45) is 5.92 Å². The minimum Gasteiger partial charge on any atom is -0.508 e. The molecule has 1 aromatic rings. The molecule has 6 heteroatoms. The fraction of sp³-hybridized carbons (Fsp3) is 0.385. The summed E-state index contributed by atoms with van der Waals surface area (Å²) >= 11 is 0.